The van der Waals surface area contributed by atoms with E-state index in [0.717, 1.165) is 0 Å². The van der Waals surface area contributed by atoms with Crippen molar-refractivity contribution in [1.82, 2.24) is 6.15 Å². The molecule has 0 aliphatic carbocycles. The Morgan fingerprint density at radius 1 is 1.11 bits per heavy atom. The molecule has 3 N–H and O–H groups in total. The third-order valence-electron chi connectivity index (χ3n) is 1.25. The van der Waals surface area contributed by atoms with Crippen molar-refractivity contribution < 1.29 is 0 Å². The van der Waals surface area contributed by atoms with Crippen LogP contribution in [0, 0.1) is 0 Å². The summed E-state index contributed by atoms with van der Waals surface area (Å²) in [5.41, 5.74) is 1.47. The molecule has 0 amide bonds. The van der Waals surface area contributed by atoms with Crippen LogP contribution in [-0.4, -0.2) is 27.9 Å². The number of rotatable bonds is 1. The molecule has 2 heteroatoms. The van der Waals surface area contributed by atoms with Gasteiger partial charge in [-0.15, -0.1) is 0 Å². The first-order valence-electron chi connectivity index (χ1n) is 2.97. The van der Waals surface area contributed by atoms with Crippen molar-refractivity contribution in [2.75, 3.05) is 0 Å². The summed E-state index contributed by atoms with van der Waals surface area (Å²) >= 11 is 1.28. The quantitative estimate of drug-likeness (QED) is 0.576. The molecule has 0 saturated heterocycles. The van der Waals surface area contributed by atoms with Crippen molar-refractivity contribution in [2.45, 2.75) is 3.67 Å². The predicted octanol–water partition coefficient (Wildman–Crippen LogP) is 1.52. The van der Waals surface area contributed by atoms with Gasteiger partial charge in [-0.1, -0.05) is 0 Å². The minimum absolute atomic E-state index is 0. The molecule has 0 aliphatic rings. The Hall–Kier alpha value is 0.180. The molecule has 9 heavy (non-hydrogen) atoms. The standard InChI is InChI=1S/C7H7.H3N.Na/c1-7-5-3-2-4-6-7;;/h2-6H,1H2;1H3;. The molecule has 0 spiro atoms. The van der Waals surface area contributed by atoms with Gasteiger partial charge in [0, 0.05) is 0 Å². The van der Waals surface area contributed by atoms with Crippen LogP contribution in [0.1, 0.15) is 5.56 Å². The van der Waals surface area contributed by atoms with Crippen LogP contribution in [-0.2, 0) is 3.67 Å². The zero-order chi connectivity index (χ0) is 5.82. The zero-order valence-electron chi connectivity index (χ0n) is 5.80. The van der Waals surface area contributed by atoms with Gasteiger partial charge in [-0.3, -0.25) is 0 Å². The summed E-state index contributed by atoms with van der Waals surface area (Å²) in [6.45, 7) is 0. The Balaban J connectivity index is 0.000000640. The fraction of sp³-hybridized carbons (Fsp3) is 0.143. The van der Waals surface area contributed by atoms with E-state index < -0.39 is 0 Å². The fourth-order valence-electron chi connectivity index (χ4n) is 0.714. The Labute approximate surface area is 73.5 Å². The average molecular weight is 131 g/mol. The molecule has 0 fully saturated rings. The number of benzene rings is 1. The maximum atomic E-state index is 2.17. The molecule has 0 aromatic heterocycles. The van der Waals surface area contributed by atoms with E-state index in [9.17, 15) is 0 Å². The van der Waals surface area contributed by atoms with Gasteiger partial charge < -0.3 is 6.15 Å². The van der Waals surface area contributed by atoms with Crippen LogP contribution in [0.4, 0.5) is 0 Å². The van der Waals surface area contributed by atoms with E-state index in [0.29, 0.717) is 0 Å². The molecular weight excluding hydrogens is 121 g/mol. The molecule has 0 heterocycles. The second-order valence-electron chi connectivity index (χ2n) is 1.84. The van der Waals surface area contributed by atoms with Crippen molar-refractivity contribution in [3.8, 4) is 0 Å². The van der Waals surface area contributed by atoms with E-state index in [1.165, 1.54) is 37.2 Å². The summed E-state index contributed by atoms with van der Waals surface area (Å²) in [5.74, 6) is 0. The van der Waals surface area contributed by atoms with Crippen molar-refractivity contribution in [2.24, 2.45) is 0 Å². The molecule has 0 atom stereocenters. The molecule has 0 unspecified atom stereocenters. The van der Waals surface area contributed by atoms with Gasteiger partial charge in [0.05, 0.1) is 0 Å². The molecule has 1 aromatic rings. The molecule has 44 valence electrons. The molecule has 0 bridgehead atoms. The molecule has 0 aliphatic heterocycles. The van der Waals surface area contributed by atoms with Crippen LogP contribution in [0.25, 0.3) is 0 Å². The van der Waals surface area contributed by atoms with Crippen LogP contribution < -0.4 is 6.15 Å². The van der Waals surface area contributed by atoms with Crippen LogP contribution in [0.15, 0.2) is 30.3 Å². The van der Waals surface area contributed by atoms with Crippen molar-refractivity contribution >= 4 is 27.9 Å². The van der Waals surface area contributed by atoms with Gasteiger partial charge >= 0.3 is 67.5 Å². The molecule has 0 saturated carbocycles. The average Bonchev–Trinajstić information content (AvgIpc) is 1.90. The first-order chi connectivity index (χ1) is 3.93. The van der Waals surface area contributed by atoms with Gasteiger partial charge in [0.1, 0.15) is 0 Å². The van der Waals surface area contributed by atoms with E-state index >= 15 is 0 Å². The predicted molar refractivity (Wildman–Crippen MR) is 40.9 cm³/mol. The van der Waals surface area contributed by atoms with E-state index in [4.69, 9.17) is 0 Å². The number of hydrogen-bond donors (Lipinski definition) is 1. The van der Waals surface area contributed by atoms with E-state index in [1.807, 2.05) is 0 Å². The normalized spacial score (nSPS) is 8.22. The fourth-order valence-corrected chi connectivity index (χ4v) is 1.19. The van der Waals surface area contributed by atoms with Crippen molar-refractivity contribution in [1.29, 1.82) is 0 Å². The van der Waals surface area contributed by atoms with Crippen LogP contribution in [0.5, 0.6) is 0 Å². The Bertz CT molecular complexity index is 150. The summed E-state index contributed by atoms with van der Waals surface area (Å²) in [6, 6.07) is 10.6. The van der Waals surface area contributed by atoms with Gasteiger partial charge in [0.15, 0.2) is 0 Å². The topological polar surface area (TPSA) is 35.0 Å². The minimum atomic E-state index is 0. The second-order valence-corrected chi connectivity index (χ2v) is 2.55. The van der Waals surface area contributed by atoms with Gasteiger partial charge in [-0.05, 0) is 0 Å². The second kappa shape index (κ2) is 5.00. The molecule has 1 aromatic carbocycles. The van der Waals surface area contributed by atoms with Crippen molar-refractivity contribution in [3.63, 3.8) is 0 Å². The summed E-state index contributed by atoms with van der Waals surface area (Å²) in [4.78, 5) is 0. The maximum absolute atomic E-state index is 2.17. The summed E-state index contributed by atoms with van der Waals surface area (Å²) < 4.78 is 1.28. The first kappa shape index (κ1) is 9.18. The third kappa shape index (κ3) is 3.01. The molecule has 1 rings (SSSR count). The summed E-state index contributed by atoms with van der Waals surface area (Å²) in [6.07, 6.45) is 0. The molecular formula is C7H10NNa. The summed E-state index contributed by atoms with van der Waals surface area (Å²) in [7, 11) is 0. The van der Waals surface area contributed by atoms with Crippen molar-refractivity contribution in [3.05, 3.63) is 35.9 Å². The van der Waals surface area contributed by atoms with Gasteiger partial charge in [-0.2, -0.15) is 0 Å². The summed E-state index contributed by atoms with van der Waals surface area (Å²) in [5, 5.41) is 0. The van der Waals surface area contributed by atoms with Crippen LogP contribution >= 0.6 is 0 Å². The first-order valence-corrected chi connectivity index (χ1v) is 4.39. The Kier molecular flexibility index (Phi) is 5.10. The van der Waals surface area contributed by atoms with E-state index in [-0.39, 0.29) is 6.15 Å². The van der Waals surface area contributed by atoms with E-state index in [2.05, 4.69) is 30.3 Å². The Morgan fingerprint density at radius 3 is 2.00 bits per heavy atom. The van der Waals surface area contributed by atoms with Gasteiger partial charge in [0.2, 0.25) is 0 Å². The van der Waals surface area contributed by atoms with Crippen LogP contribution in [0.3, 0.4) is 0 Å². The monoisotopic (exact) mass is 131 g/mol. The molecule has 1 nitrogen and oxygen atoms in total. The Morgan fingerprint density at radius 2 is 1.67 bits per heavy atom. The SMILES string of the molecule is N.[Na][CH2]c1ccccc1. The van der Waals surface area contributed by atoms with E-state index in [1.54, 1.807) is 0 Å². The van der Waals surface area contributed by atoms with Gasteiger partial charge in [-0.25, -0.2) is 0 Å². The van der Waals surface area contributed by atoms with Crippen LogP contribution in [0.2, 0.25) is 0 Å². The third-order valence-corrected chi connectivity index (χ3v) is 2.07. The number of hydrogen-bond acceptors (Lipinski definition) is 1. The molecule has 0 radical (unpaired) electrons. The van der Waals surface area contributed by atoms with Gasteiger partial charge in [0.25, 0.3) is 0 Å². The zero-order valence-corrected chi connectivity index (χ0v) is 7.80.